The van der Waals surface area contributed by atoms with Crippen LogP contribution in [0.15, 0.2) is 30.3 Å². The maximum absolute atomic E-state index is 11.8. The number of amides is 1. The number of nitrogen functional groups attached to an aromatic ring is 1. The quantitative estimate of drug-likeness (QED) is 0.324. The van der Waals surface area contributed by atoms with E-state index in [2.05, 4.69) is 20.6 Å². The Bertz CT molecular complexity index is 741. The molecular formula is C19H26ClN5O4. The third kappa shape index (κ3) is 9.53. The number of nitrogens with zero attached hydrogens (tertiary/aromatic N) is 2. The number of aromatic nitrogens is 2. The Morgan fingerprint density at radius 3 is 2.55 bits per heavy atom. The molecule has 1 aromatic carbocycles. The van der Waals surface area contributed by atoms with Gasteiger partial charge in [-0.1, -0.05) is 35.9 Å². The van der Waals surface area contributed by atoms with E-state index in [1.807, 2.05) is 31.3 Å². The second-order valence-electron chi connectivity index (χ2n) is 6.04. The minimum atomic E-state index is -0.175. The first-order valence-electron chi connectivity index (χ1n) is 9.14. The van der Waals surface area contributed by atoms with E-state index in [0.29, 0.717) is 38.9 Å². The van der Waals surface area contributed by atoms with Crippen LogP contribution in [0.4, 0.5) is 5.95 Å². The van der Waals surface area contributed by atoms with Crippen molar-refractivity contribution in [3.8, 4) is 5.88 Å². The highest BCUT2D eigenvalue weighted by Crippen LogP contribution is 2.16. The van der Waals surface area contributed by atoms with Gasteiger partial charge in [-0.2, -0.15) is 4.98 Å². The summed E-state index contributed by atoms with van der Waals surface area (Å²) in [6.07, 6.45) is 0. The normalized spacial score (nSPS) is 10.7. The molecule has 0 saturated carbocycles. The van der Waals surface area contributed by atoms with E-state index >= 15 is 0 Å². The number of hydrogen-bond acceptors (Lipinski definition) is 8. The van der Waals surface area contributed by atoms with Crippen molar-refractivity contribution in [1.29, 1.82) is 0 Å². The molecule has 9 nitrogen and oxygen atoms in total. The van der Waals surface area contributed by atoms with Crippen LogP contribution >= 0.6 is 11.6 Å². The first-order chi connectivity index (χ1) is 14.1. The highest BCUT2D eigenvalue weighted by molar-refractivity contribution is 6.29. The molecule has 4 N–H and O–H groups in total. The SMILES string of the molecule is CNCCOCCOCC(=O)NCc1ccc(COc2cc(Cl)nc(N)n2)cc1. The van der Waals surface area contributed by atoms with Gasteiger partial charge in [0.1, 0.15) is 18.4 Å². The lowest BCUT2D eigenvalue weighted by Gasteiger charge is -2.09. The van der Waals surface area contributed by atoms with Crippen LogP contribution in [0.25, 0.3) is 0 Å². The van der Waals surface area contributed by atoms with Gasteiger partial charge in [-0.05, 0) is 18.2 Å². The molecule has 0 aliphatic rings. The monoisotopic (exact) mass is 423 g/mol. The molecule has 0 bridgehead atoms. The van der Waals surface area contributed by atoms with Crippen LogP contribution in [0.1, 0.15) is 11.1 Å². The number of anilines is 1. The van der Waals surface area contributed by atoms with E-state index in [1.54, 1.807) is 0 Å². The lowest BCUT2D eigenvalue weighted by atomic mass is 10.1. The highest BCUT2D eigenvalue weighted by atomic mass is 35.5. The molecule has 29 heavy (non-hydrogen) atoms. The Morgan fingerprint density at radius 1 is 1.10 bits per heavy atom. The smallest absolute Gasteiger partial charge is 0.246 e. The van der Waals surface area contributed by atoms with Gasteiger partial charge in [0, 0.05) is 19.2 Å². The molecule has 0 saturated heterocycles. The number of hydrogen-bond donors (Lipinski definition) is 3. The van der Waals surface area contributed by atoms with Gasteiger partial charge in [0.25, 0.3) is 0 Å². The number of halogens is 1. The topological polar surface area (TPSA) is 121 Å². The molecule has 0 atom stereocenters. The van der Waals surface area contributed by atoms with Gasteiger partial charge >= 0.3 is 0 Å². The molecule has 10 heteroatoms. The summed E-state index contributed by atoms with van der Waals surface area (Å²) in [5.41, 5.74) is 7.43. The Labute approximate surface area is 174 Å². The third-order valence-corrected chi connectivity index (χ3v) is 3.88. The largest absolute Gasteiger partial charge is 0.473 e. The Kier molecular flexibility index (Phi) is 10.1. The van der Waals surface area contributed by atoms with Crippen molar-refractivity contribution >= 4 is 23.5 Å². The average Bonchev–Trinajstić information content (AvgIpc) is 2.70. The van der Waals surface area contributed by atoms with Crippen molar-refractivity contribution in [2.45, 2.75) is 13.2 Å². The van der Waals surface area contributed by atoms with Gasteiger partial charge in [0.15, 0.2) is 0 Å². The number of nitrogens with one attached hydrogen (secondary N) is 2. The molecule has 0 unspecified atom stereocenters. The zero-order chi connectivity index (χ0) is 20.9. The van der Waals surface area contributed by atoms with Crippen molar-refractivity contribution in [3.05, 3.63) is 46.6 Å². The molecule has 0 spiro atoms. The average molecular weight is 424 g/mol. The summed E-state index contributed by atoms with van der Waals surface area (Å²) in [7, 11) is 1.86. The number of rotatable bonds is 13. The van der Waals surface area contributed by atoms with Crippen molar-refractivity contribution < 1.29 is 19.0 Å². The third-order valence-electron chi connectivity index (χ3n) is 3.69. The molecule has 158 valence electrons. The molecule has 1 heterocycles. The maximum atomic E-state index is 11.8. The molecule has 2 aromatic rings. The molecule has 0 aliphatic heterocycles. The Morgan fingerprint density at radius 2 is 1.83 bits per heavy atom. The molecule has 0 aliphatic carbocycles. The van der Waals surface area contributed by atoms with Crippen LogP contribution in [0.2, 0.25) is 5.15 Å². The van der Waals surface area contributed by atoms with E-state index < -0.39 is 0 Å². The molecular weight excluding hydrogens is 398 g/mol. The molecule has 2 rings (SSSR count). The lowest BCUT2D eigenvalue weighted by Crippen LogP contribution is -2.27. The predicted molar refractivity (Wildman–Crippen MR) is 110 cm³/mol. The summed E-state index contributed by atoms with van der Waals surface area (Å²) < 4.78 is 16.1. The van der Waals surface area contributed by atoms with Crippen LogP contribution < -0.4 is 21.1 Å². The standard InChI is InChI=1S/C19H26ClN5O4/c1-22-6-7-27-8-9-28-13-17(26)23-11-14-2-4-15(5-3-14)12-29-18-10-16(20)24-19(21)25-18/h2-5,10,22H,6-9,11-13H2,1H3,(H,23,26)(H2,21,24,25). The summed E-state index contributed by atoms with van der Waals surface area (Å²) >= 11 is 5.82. The highest BCUT2D eigenvalue weighted by Gasteiger charge is 2.04. The lowest BCUT2D eigenvalue weighted by molar-refractivity contribution is -0.126. The Balaban J connectivity index is 1.63. The first-order valence-corrected chi connectivity index (χ1v) is 9.52. The van der Waals surface area contributed by atoms with Crippen molar-refractivity contribution in [2.75, 3.05) is 45.8 Å². The minimum Gasteiger partial charge on any atom is -0.473 e. The number of benzene rings is 1. The van der Waals surface area contributed by atoms with E-state index in [9.17, 15) is 4.79 Å². The first kappa shape index (κ1) is 22.8. The van der Waals surface area contributed by atoms with Crippen LogP contribution in [-0.2, 0) is 27.4 Å². The predicted octanol–water partition coefficient (Wildman–Crippen LogP) is 1.16. The summed E-state index contributed by atoms with van der Waals surface area (Å²) in [5, 5.41) is 6.01. The number of likely N-dealkylation sites (N-methyl/N-ethyl adjacent to an activating group) is 1. The fraction of sp³-hybridized carbons (Fsp3) is 0.421. The van der Waals surface area contributed by atoms with Crippen molar-refractivity contribution in [2.24, 2.45) is 0 Å². The van der Waals surface area contributed by atoms with Crippen LogP contribution in [0.3, 0.4) is 0 Å². The van der Waals surface area contributed by atoms with E-state index in [0.717, 1.165) is 17.7 Å². The van der Waals surface area contributed by atoms with E-state index in [-0.39, 0.29) is 23.6 Å². The number of ether oxygens (including phenoxy) is 3. The van der Waals surface area contributed by atoms with Gasteiger partial charge in [0.05, 0.1) is 19.8 Å². The zero-order valence-electron chi connectivity index (χ0n) is 16.3. The van der Waals surface area contributed by atoms with Crippen LogP contribution in [0, 0.1) is 0 Å². The molecule has 0 fully saturated rings. The molecule has 0 radical (unpaired) electrons. The van der Waals surface area contributed by atoms with Crippen LogP contribution in [0.5, 0.6) is 5.88 Å². The summed E-state index contributed by atoms with van der Waals surface area (Å²) in [5.74, 6) is 0.195. The number of carbonyl (C=O) groups is 1. The van der Waals surface area contributed by atoms with E-state index in [1.165, 1.54) is 6.07 Å². The van der Waals surface area contributed by atoms with Gasteiger partial charge in [-0.15, -0.1) is 0 Å². The number of carbonyl (C=O) groups excluding carboxylic acids is 1. The summed E-state index contributed by atoms with van der Waals surface area (Å²) in [6.45, 7) is 2.99. The van der Waals surface area contributed by atoms with E-state index in [4.69, 9.17) is 31.5 Å². The van der Waals surface area contributed by atoms with Crippen molar-refractivity contribution in [3.63, 3.8) is 0 Å². The second-order valence-corrected chi connectivity index (χ2v) is 6.42. The van der Waals surface area contributed by atoms with Gasteiger partial charge in [0.2, 0.25) is 17.7 Å². The number of nitrogens with two attached hydrogens (primary N) is 1. The van der Waals surface area contributed by atoms with Crippen LogP contribution in [-0.4, -0.2) is 55.9 Å². The summed E-state index contributed by atoms with van der Waals surface area (Å²) in [4.78, 5) is 19.5. The molecule has 1 aromatic heterocycles. The second kappa shape index (κ2) is 12.9. The van der Waals surface area contributed by atoms with Gasteiger partial charge in [-0.25, -0.2) is 4.98 Å². The Hall–Kier alpha value is -2.46. The van der Waals surface area contributed by atoms with Gasteiger partial charge in [-0.3, -0.25) is 4.79 Å². The maximum Gasteiger partial charge on any atom is 0.246 e. The van der Waals surface area contributed by atoms with Gasteiger partial charge < -0.3 is 30.6 Å². The fourth-order valence-corrected chi connectivity index (χ4v) is 2.39. The molecule has 1 amide bonds. The zero-order valence-corrected chi connectivity index (χ0v) is 17.1. The fourth-order valence-electron chi connectivity index (χ4n) is 2.21. The summed E-state index contributed by atoms with van der Waals surface area (Å²) in [6, 6.07) is 9.14. The van der Waals surface area contributed by atoms with Crippen molar-refractivity contribution in [1.82, 2.24) is 20.6 Å². The minimum absolute atomic E-state index is 0.00589.